The zero-order chi connectivity index (χ0) is 12.6. The highest BCUT2D eigenvalue weighted by molar-refractivity contribution is 6.34. The zero-order valence-electron chi connectivity index (χ0n) is 10.7. The van der Waals surface area contributed by atoms with Crippen LogP contribution in [-0.2, 0) is 5.41 Å². The second-order valence-corrected chi connectivity index (χ2v) is 6.88. The van der Waals surface area contributed by atoms with Crippen LogP contribution in [-0.4, -0.2) is 0 Å². The lowest BCUT2D eigenvalue weighted by Gasteiger charge is -2.36. The van der Waals surface area contributed by atoms with E-state index in [-0.39, 0.29) is 0 Å². The SMILES string of the molecule is Clc1cc(Cl)cc(C2(C3CCCC3)CCCC2)c1. The molecule has 2 saturated carbocycles. The Kier molecular flexibility index (Phi) is 3.60. The summed E-state index contributed by atoms with van der Waals surface area (Å²) in [5, 5.41) is 1.59. The molecule has 18 heavy (non-hydrogen) atoms. The maximum atomic E-state index is 6.21. The highest BCUT2D eigenvalue weighted by Gasteiger charge is 2.43. The molecule has 0 nitrogen and oxygen atoms in total. The minimum absolute atomic E-state index is 0.380. The van der Waals surface area contributed by atoms with Crippen LogP contribution in [0.4, 0.5) is 0 Å². The summed E-state index contributed by atoms with van der Waals surface area (Å²) in [6.07, 6.45) is 11.0. The molecular formula is C16H20Cl2. The molecule has 0 saturated heterocycles. The summed E-state index contributed by atoms with van der Waals surface area (Å²) in [5.41, 5.74) is 1.79. The molecule has 0 atom stereocenters. The van der Waals surface area contributed by atoms with Crippen LogP contribution in [0.25, 0.3) is 0 Å². The number of rotatable bonds is 2. The molecule has 0 unspecified atom stereocenters. The Labute approximate surface area is 120 Å². The van der Waals surface area contributed by atoms with Crippen LogP contribution >= 0.6 is 23.2 Å². The van der Waals surface area contributed by atoms with Crippen molar-refractivity contribution in [3.05, 3.63) is 33.8 Å². The van der Waals surface area contributed by atoms with Gasteiger partial charge >= 0.3 is 0 Å². The third kappa shape index (κ3) is 2.18. The first kappa shape index (κ1) is 12.8. The van der Waals surface area contributed by atoms with Crippen molar-refractivity contribution in [2.24, 2.45) is 5.92 Å². The first-order valence-corrected chi connectivity index (χ1v) is 7.93. The highest BCUT2D eigenvalue weighted by atomic mass is 35.5. The van der Waals surface area contributed by atoms with Crippen molar-refractivity contribution in [3.8, 4) is 0 Å². The first-order chi connectivity index (χ1) is 8.71. The monoisotopic (exact) mass is 282 g/mol. The third-order valence-corrected chi connectivity index (χ3v) is 5.51. The Morgan fingerprint density at radius 1 is 0.833 bits per heavy atom. The van der Waals surface area contributed by atoms with Gasteiger partial charge in [0.1, 0.15) is 0 Å². The van der Waals surface area contributed by atoms with Gasteiger partial charge in [0.05, 0.1) is 0 Å². The molecule has 98 valence electrons. The van der Waals surface area contributed by atoms with Gasteiger partial charge in [-0.1, -0.05) is 48.9 Å². The normalized spacial score (nSPS) is 23.7. The minimum atomic E-state index is 0.380. The zero-order valence-corrected chi connectivity index (χ0v) is 12.2. The summed E-state index contributed by atoms with van der Waals surface area (Å²) < 4.78 is 0. The van der Waals surface area contributed by atoms with Gasteiger partial charge in [-0.05, 0) is 60.8 Å². The fourth-order valence-electron chi connectivity index (χ4n) is 4.26. The Balaban J connectivity index is 2.02. The summed E-state index contributed by atoms with van der Waals surface area (Å²) in [6, 6.07) is 6.18. The Bertz CT molecular complexity index is 406. The Morgan fingerprint density at radius 2 is 1.39 bits per heavy atom. The van der Waals surface area contributed by atoms with E-state index in [1.807, 2.05) is 6.07 Å². The van der Waals surface area contributed by atoms with Gasteiger partial charge in [0.25, 0.3) is 0 Å². The number of benzene rings is 1. The van der Waals surface area contributed by atoms with Gasteiger partial charge in [-0.2, -0.15) is 0 Å². The van der Waals surface area contributed by atoms with Crippen molar-refractivity contribution in [1.82, 2.24) is 0 Å². The molecule has 2 aliphatic rings. The molecule has 0 spiro atoms. The molecule has 0 aromatic heterocycles. The van der Waals surface area contributed by atoms with E-state index in [1.54, 1.807) is 0 Å². The molecular weight excluding hydrogens is 263 g/mol. The van der Waals surface area contributed by atoms with Crippen LogP contribution in [0.2, 0.25) is 10.0 Å². The van der Waals surface area contributed by atoms with Crippen molar-refractivity contribution >= 4 is 23.2 Å². The van der Waals surface area contributed by atoms with Crippen LogP contribution in [0, 0.1) is 5.92 Å². The predicted molar refractivity (Wildman–Crippen MR) is 78.6 cm³/mol. The summed E-state index contributed by atoms with van der Waals surface area (Å²) in [7, 11) is 0. The van der Waals surface area contributed by atoms with Gasteiger partial charge in [-0.15, -0.1) is 0 Å². The average Bonchev–Trinajstić information content (AvgIpc) is 3.00. The van der Waals surface area contributed by atoms with Gasteiger partial charge in [0.2, 0.25) is 0 Å². The van der Waals surface area contributed by atoms with Crippen molar-refractivity contribution in [1.29, 1.82) is 0 Å². The second-order valence-electron chi connectivity index (χ2n) is 6.00. The summed E-state index contributed by atoms with van der Waals surface area (Å²) >= 11 is 12.4. The molecule has 0 heterocycles. The molecule has 2 aliphatic carbocycles. The van der Waals surface area contributed by atoms with E-state index in [4.69, 9.17) is 23.2 Å². The molecule has 1 aromatic carbocycles. The van der Waals surface area contributed by atoms with Crippen molar-refractivity contribution in [2.45, 2.75) is 56.8 Å². The molecule has 2 fully saturated rings. The summed E-state index contributed by atoms with van der Waals surface area (Å²) in [6.45, 7) is 0. The van der Waals surface area contributed by atoms with Crippen molar-refractivity contribution in [3.63, 3.8) is 0 Å². The first-order valence-electron chi connectivity index (χ1n) is 7.17. The van der Waals surface area contributed by atoms with Gasteiger partial charge in [-0.25, -0.2) is 0 Å². The minimum Gasteiger partial charge on any atom is -0.0843 e. The molecule has 0 N–H and O–H groups in total. The van der Waals surface area contributed by atoms with Crippen molar-refractivity contribution in [2.75, 3.05) is 0 Å². The average molecular weight is 283 g/mol. The van der Waals surface area contributed by atoms with Gasteiger partial charge in [0, 0.05) is 10.0 Å². The molecule has 0 bridgehead atoms. The maximum Gasteiger partial charge on any atom is 0.0423 e. The van der Waals surface area contributed by atoms with E-state index in [9.17, 15) is 0 Å². The van der Waals surface area contributed by atoms with Gasteiger partial charge in [0.15, 0.2) is 0 Å². The van der Waals surface area contributed by atoms with Crippen molar-refractivity contribution < 1.29 is 0 Å². The van der Waals surface area contributed by atoms with E-state index < -0.39 is 0 Å². The molecule has 0 aliphatic heterocycles. The smallest absolute Gasteiger partial charge is 0.0423 e. The largest absolute Gasteiger partial charge is 0.0843 e. The van der Waals surface area contributed by atoms with Gasteiger partial charge in [-0.3, -0.25) is 0 Å². The summed E-state index contributed by atoms with van der Waals surface area (Å²) in [5.74, 6) is 0.856. The predicted octanol–water partition coefficient (Wildman–Crippen LogP) is 6.00. The lowest BCUT2D eigenvalue weighted by atomic mass is 9.68. The number of halogens is 2. The van der Waals surface area contributed by atoms with Gasteiger partial charge < -0.3 is 0 Å². The highest BCUT2D eigenvalue weighted by Crippen LogP contribution is 2.52. The molecule has 0 radical (unpaired) electrons. The van der Waals surface area contributed by atoms with E-state index in [0.29, 0.717) is 5.41 Å². The fraction of sp³-hybridized carbons (Fsp3) is 0.625. The molecule has 1 aromatic rings. The van der Waals surface area contributed by atoms with Crippen LogP contribution < -0.4 is 0 Å². The third-order valence-electron chi connectivity index (χ3n) is 5.07. The van der Waals surface area contributed by atoms with E-state index >= 15 is 0 Å². The maximum absolute atomic E-state index is 6.21. The lowest BCUT2D eigenvalue weighted by Crippen LogP contribution is -2.30. The molecule has 2 heteroatoms. The van der Waals surface area contributed by atoms with Crippen LogP contribution in [0.5, 0.6) is 0 Å². The summed E-state index contributed by atoms with van der Waals surface area (Å²) in [4.78, 5) is 0. The van der Waals surface area contributed by atoms with Crippen LogP contribution in [0.15, 0.2) is 18.2 Å². The molecule has 3 rings (SSSR count). The Morgan fingerprint density at radius 3 is 1.94 bits per heavy atom. The topological polar surface area (TPSA) is 0 Å². The standard InChI is InChI=1S/C16H20Cl2/c17-14-9-13(10-15(18)11-14)16(7-3-4-8-16)12-5-1-2-6-12/h9-12H,1-8H2. The Hall–Kier alpha value is -0.200. The van der Waals surface area contributed by atoms with E-state index in [1.165, 1.54) is 56.9 Å². The number of hydrogen-bond donors (Lipinski definition) is 0. The number of hydrogen-bond acceptors (Lipinski definition) is 0. The van der Waals surface area contributed by atoms with Crippen LogP contribution in [0.3, 0.4) is 0 Å². The molecule has 0 amide bonds. The fourth-order valence-corrected chi connectivity index (χ4v) is 4.78. The quantitative estimate of drug-likeness (QED) is 0.624. The lowest BCUT2D eigenvalue weighted by molar-refractivity contribution is 0.276. The van der Waals surface area contributed by atoms with E-state index in [0.717, 1.165) is 16.0 Å². The van der Waals surface area contributed by atoms with E-state index in [2.05, 4.69) is 12.1 Å². The van der Waals surface area contributed by atoms with Crippen LogP contribution in [0.1, 0.15) is 56.9 Å². The second kappa shape index (κ2) is 5.06.